The fourth-order valence-electron chi connectivity index (χ4n) is 2.04. The van der Waals surface area contributed by atoms with Gasteiger partial charge in [0.15, 0.2) is 0 Å². The lowest BCUT2D eigenvalue weighted by atomic mass is 10.0. The SMILES string of the molecule is CCC(C)C(C)Nc1ccc2c(c1)CCO2. The van der Waals surface area contributed by atoms with Gasteiger partial charge in [-0.2, -0.15) is 0 Å². The first-order valence-electron chi connectivity index (χ1n) is 6.23. The highest BCUT2D eigenvalue weighted by Crippen LogP contribution is 2.28. The molecular formula is C14H21NO. The summed E-state index contributed by atoms with van der Waals surface area (Å²) in [7, 11) is 0. The molecule has 0 amide bonds. The Morgan fingerprint density at radius 2 is 2.19 bits per heavy atom. The molecule has 0 saturated heterocycles. The first-order valence-corrected chi connectivity index (χ1v) is 6.23. The van der Waals surface area contributed by atoms with E-state index in [1.807, 2.05) is 0 Å². The zero-order valence-electron chi connectivity index (χ0n) is 10.4. The summed E-state index contributed by atoms with van der Waals surface area (Å²) in [6.45, 7) is 7.60. The molecule has 0 spiro atoms. The van der Waals surface area contributed by atoms with E-state index in [0.29, 0.717) is 12.0 Å². The molecule has 16 heavy (non-hydrogen) atoms. The number of nitrogens with one attached hydrogen (secondary N) is 1. The van der Waals surface area contributed by atoms with E-state index in [1.165, 1.54) is 17.7 Å². The van der Waals surface area contributed by atoms with E-state index in [2.05, 4.69) is 44.3 Å². The molecule has 2 heteroatoms. The zero-order chi connectivity index (χ0) is 11.5. The molecular weight excluding hydrogens is 198 g/mol. The predicted octanol–water partition coefficient (Wildman–Crippen LogP) is 3.47. The molecule has 0 aliphatic carbocycles. The van der Waals surface area contributed by atoms with Crippen molar-refractivity contribution >= 4 is 5.69 Å². The average molecular weight is 219 g/mol. The Labute approximate surface area is 98.0 Å². The summed E-state index contributed by atoms with van der Waals surface area (Å²) in [4.78, 5) is 0. The summed E-state index contributed by atoms with van der Waals surface area (Å²) >= 11 is 0. The summed E-state index contributed by atoms with van der Waals surface area (Å²) in [6, 6.07) is 6.93. The summed E-state index contributed by atoms with van der Waals surface area (Å²) < 4.78 is 5.50. The van der Waals surface area contributed by atoms with Gasteiger partial charge in [0.2, 0.25) is 0 Å². The van der Waals surface area contributed by atoms with Gasteiger partial charge in [-0.05, 0) is 36.6 Å². The van der Waals surface area contributed by atoms with Gasteiger partial charge in [0.05, 0.1) is 6.61 Å². The Hall–Kier alpha value is -1.18. The van der Waals surface area contributed by atoms with Crippen LogP contribution in [0.5, 0.6) is 5.75 Å². The fraction of sp³-hybridized carbons (Fsp3) is 0.571. The van der Waals surface area contributed by atoms with E-state index < -0.39 is 0 Å². The quantitative estimate of drug-likeness (QED) is 0.837. The smallest absolute Gasteiger partial charge is 0.122 e. The number of hydrogen-bond acceptors (Lipinski definition) is 2. The van der Waals surface area contributed by atoms with Gasteiger partial charge in [0.1, 0.15) is 5.75 Å². The van der Waals surface area contributed by atoms with E-state index in [4.69, 9.17) is 4.74 Å². The first kappa shape index (κ1) is 11.3. The monoisotopic (exact) mass is 219 g/mol. The van der Waals surface area contributed by atoms with Crippen LogP contribution in [0.1, 0.15) is 32.8 Å². The molecule has 0 aromatic heterocycles. The van der Waals surface area contributed by atoms with Gasteiger partial charge in [0.25, 0.3) is 0 Å². The van der Waals surface area contributed by atoms with Gasteiger partial charge < -0.3 is 10.1 Å². The molecule has 1 N–H and O–H groups in total. The molecule has 1 aliphatic rings. The molecule has 2 rings (SSSR count). The van der Waals surface area contributed by atoms with Crippen LogP contribution in [0.15, 0.2) is 18.2 Å². The van der Waals surface area contributed by atoms with Gasteiger partial charge >= 0.3 is 0 Å². The predicted molar refractivity (Wildman–Crippen MR) is 68.2 cm³/mol. The molecule has 2 unspecified atom stereocenters. The van der Waals surface area contributed by atoms with E-state index in [-0.39, 0.29) is 0 Å². The number of benzene rings is 1. The number of hydrogen-bond donors (Lipinski definition) is 1. The van der Waals surface area contributed by atoms with Crippen molar-refractivity contribution in [3.05, 3.63) is 23.8 Å². The lowest BCUT2D eigenvalue weighted by Gasteiger charge is -2.21. The molecule has 2 atom stereocenters. The summed E-state index contributed by atoms with van der Waals surface area (Å²) in [5.41, 5.74) is 2.55. The fourth-order valence-corrected chi connectivity index (χ4v) is 2.04. The first-order chi connectivity index (χ1) is 7.70. The number of fused-ring (bicyclic) bond motifs is 1. The van der Waals surface area contributed by atoms with Crippen LogP contribution in [0.2, 0.25) is 0 Å². The van der Waals surface area contributed by atoms with E-state index in [0.717, 1.165) is 18.8 Å². The second kappa shape index (κ2) is 4.77. The Morgan fingerprint density at radius 3 is 2.94 bits per heavy atom. The third kappa shape index (κ3) is 2.31. The molecule has 0 bridgehead atoms. The molecule has 1 aromatic rings. The largest absolute Gasteiger partial charge is 0.493 e. The van der Waals surface area contributed by atoms with E-state index >= 15 is 0 Å². The lowest BCUT2D eigenvalue weighted by molar-refractivity contribution is 0.357. The number of anilines is 1. The van der Waals surface area contributed by atoms with Gasteiger partial charge in [0, 0.05) is 18.2 Å². The summed E-state index contributed by atoms with van der Waals surface area (Å²) in [6.07, 6.45) is 2.25. The van der Waals surface area contributed by atoms with Crippen LogP contribution in [0.4, 0.5) is 5.69 Å². The normalized spacial score (nSPS) is 17.4. The van der Waals surface area contributed by atoms with Crippen LogP contribution >= 0.6 is 0 Å². The lowest BCUT2D eigenvalue weighted by Crippen LogP contribution is -2.23. The van der Waals surface area contributed by atoms with Crippen molar-refractivity contribution in [2.24, 2.45) is 5.92 Å². The minimum atomic E-state index is 0.519. The van der Waals surface area contributed by atoms with Crippen LogP contribution < -0.4 is 10.1 Å². The molecule has 88 valence electrons. The van der Waals surface area contributed by atoms with Crippen molar-refractivity contribution in [3.63, 3.8) is 0 Å². The van der Waals surface area contributed by atoms with Crippen LogP contribution in [0, 0.1) is 5.92 Å². The average Bonchev–Trinajstić information content (AvgIpc) is 2.75. The van der Waals surface area contributed by atoms with Gasteiger partial charge in [-0.1, -0.05) is 20.3 Å². The minimum absolute atomic E-state index is 0.519. The Bertz CT molecular complexity index is 362. The molecule has 1 heterocycles. The highest BCUT2D eigenvalue weighted by atomic mass is 16.5. The molecule has 1 aromatic carbocycles. The molecule has 2 nitrogen and oxygen atoms in total. The summed E-state index contributed by atoms with van der Waals surface area (Å²) in [5, 5.41) is 3.57. The molecule has 0 fully saturated rings. The molecule has 0 radical (unpaired) electrons. The molecule has 0 saturated carbocycles. The maximum absolute atomic E-state index is 5.50. The number of rotatable bonds is 4. The second-order valence-corrected chi connectivity index (χ2v) is 4.74. The van der Waals surface area contributed by atoms with Gasteiger partial charge in [-0.15, -0.1) is 0 Å². The van der Waals surface area contributed by atoms with Crippen molar-refractivity contribution < 1.29 is 4.74 Å². The zero-order valence-corrected chi connectivity index (χ0v) is 10.4. The minimum Gasteiger partial charge on any atom is -0.493 e. The maximum atomic E-state index is 5.50. The van der Waals surface area contributed by atoms with Crippen LogP contribution in [-0.2, 0) is 6.42 Å². The van der Waals surface area contributed by atoms with Crippen molar-refractivity contribution in [1.29, 1.82) is 0 Å². The van der Waals surface area contributed by atoms with Crippen LogP contribution in [0.3, 0.4) is 0 Å². The third-order valence-electron chi connectivity index (χ3n) is 3.58. The van der Waals surface area contributed by atoms with E-state index in [1.54, 1.807) is 0 Å². The molecule has 1 aliphatic heterocycles. The Balaban J connectivity index is 2.05. The topological polar surface area (TPSA) is 21.3 Å². The van der Waals surface area contributed by atoms with Crippen molar-refractivity contribution in [3.8, 4) is 5.75 Å². The summed E-state index contributed by atoms with van der Waals surface area (Å²) in [5.74, 6) is 1.76. The van der Waals surface area contributed by atoms with Crippen LogP contribution in [0.25, 0.3) is 0 Å². The highest BCUT2D eigenvalue weighted by molar-refractivity contribution is 5.52. The maximum Gasteiger partial charge on any atom is 0.122 e. The van der Waals surface area contributed by atoms with Crippen molar-refractivity contribution in [2.45, 2.75) is 39.7 Å². The Morgan fingerprint density at radius 1 is 1.38 bits per heavy atom. The van der Waals surface area contributed by atoms with Gasteiger partial charge in [-0.25, -0.2) is 0 Å². The van der Waals surface area contributed by atoms with E-state index in [9.17, 15) is 0 Å². The standard InChI is InChI=1S/C14H21NO/c1-4-10(2)11(3)15-13-5-6-14-12(9-13)7-8-16-14/h5-6,9-11,15H,4,7-8H2,1-3H3. The van der Waals surface area contributed by atoms with Crippen molar-refractivity contribution in [2.75, 3.05) is 11.9 Å². The van der Waals surface area contributed by atoms with Crippen LogP contribution in [-0.4, -0.2) is 12.6 Å². The highest BCUT2D eigenvalue weighted by Gasteiger charge is 2.14. The van der Waals surface area contributed by atoms with Crippen molar-refractivity contribution in [1.82, 2.24) is 0 Å². The Kier molecular flexibility index (Phi) is 3.37. The second-order valence-electron chi connectivity index (χ2n) is 4.74. The third-order valence-corrected chi connectivity index (χ3v) is 3.58. The number of ether oxygens (including phenoxy) is 1. The van der Waals surface area contributed by atoms with Gasteiger partial charge in [-0.3, -0.25) is 0 Å².